The first-order valence-electron chi connectivity index (χ1n) is 10.4. The number of fused-ring (bicyclic) bond motifs is 1. The van der Waals surface area contributed by atoms with E-state index in [1.165, 1.54) is 6.26 Å². The van der Waals surface area contributed by atoms with Crippen LogP contribution in [-0.2, 0) is 6.54 Å². The van der Waals surface area contributed by atoms with E-state index in [2.05, 4.69) is 15.3 Å². The molecule has 4 rings (SSSR count). The van der Waals surface area contributed by atoms with Gasteiger partial charge in [-0.1, -0.05) is 18.5 Å². The summed E-state index contributed by atoms with van der Waals surface area (Å²) in [7, 11) is 0. The molecule has 2 amide bonds. The summed E-state index contributed by atoms with van der Waals surface area (Å²) in [6, 6.07) is 14.6. The van der Waals surface area contributed by atoms with Gasteiger partial charge in [-0.25, -0.2) is 4.98 Å². The summed E-state index contributed by atoms with van der Waals surface area (Å²) in [6.07, 6.45) is 2.15. The first-order chi connectivity index (χ1) is 15.9. The zero-order valence-electron chi connectivity index (χ0n) is 17.8. The van der Waals surface area contributed by atoms with Crippen molar-refractivity contribution in [1.29, 1.82) is 0 Å². The Balaban J connectivity index is 1.52. The van der Waals surface area contributed by atoms with Crippen molar-refractivity contribution >= 4 is 40.0 Å². The van der Waals surface area contributed by atoms with Gasteiger partial charge in [0.1, 0.15) is 5.82 Å². The number of aromatic amines is 1. The maximum atomic E-state index is 13.1. The molecule has 0 unspecified atom stereocenters. The van der Waals surface area contributed by atoms with Crippen LogP contribution in [0.1, 0.15) is 40.1 Å². The molecular formula is C24H21ClN4O4. The van der Waals surface area contributed by atoms with Gasteiger partial charge in [-0.2, -0.15) is 0 Å². The molecule has 9 heteroatoms. The van der Waals surface area contributed by atoms with Crippen LogP contribution >= 0.6 is 11.6 Å². The smallest absolute Gasteiger partial charge is 0.291 e. The number of carbonyl (C=O) groups excluding carboxylic acids is 2. The zero-order valence-corrected chi connectivity index (χ0v) is 18.6. The fourth-order valence-corrected chi connectivity index (χ4v) is 3.58. The number of carbonyl (C=O) groups is 2. The van der Waals surface area contributed by atoms with Gasteiger partial charge in [0.2, 0.25) is 0 Å². The molecule has 0 saturated heterocycles. The van der Waals surface area contributed by atoms with Crippen LogP contribution in [-0.4, -0.2) is 33.2 Å². The minimum atomic E-state index is -0.377. The normalized spacial score (nSPS) is 10.8. The van der Waals surface area contributed by atoms with E-state index in [1.54, 1.807) is 59.5 Å². The molecule has 4 aromatic rings. The maximum Gasteiger partial charge on any atom is 0.291 e. The van der Waals surface area contributed by atoms with E-state index in [-0.39, 0.29) is 29.7 Å². The van der Waals surface area contributed by atoms with E-state index in [0.717, 1.165) is 6.42 Å². The molecule has 0 radical (unpaired) electrons. The van der Waals surface area contributed by atoms with Crippen molar-refractivity contribution < 1.29 is 14.0 Å². The number of hydrogen-bond acceptors (Lipinski definition) is 5. The van der Waals surface area contributed by atoms with Gasteiger partial charge < -0.3 is 19.6 Å². The van der Waals surface area contributed by atoms with E-state index in [4.69, 9.17) is 16.0 Å². The fraction of sp³-hybridized carbons (Fsp3) is 0.167. The van der Waals surface area contributed by atoms with E-state index in [9.17, 15) is 14.4 Å². The lowest BCUT2D eigenvalue weighted by Crippen LogP contribution is -2.32. The second-order valence-corrected chi connectivity index (χ2v) is 7.85. The fourth-order valence-electron chi connectivity index (χ4n) is 3.42. The van der Waals surface area contributed by atoms with Gasteiger partial charge >= 0.3 is 0 Å². The molecule has 0 bridgehead atoms. The number of H-pyrrole nitrogens is 1. The Morgan fingerprint density at radius 3 is 2.64 bits per heavy atom. The number of nitrogens with one attached hydrogen (secondary N) is 2. The highest BCUT2D eigenvalue weighted by Crippen LogP contribution is 2.17. The van der Waals surface area contributed by atoms with Gasteiger partial charge in [-0.3, -0.25) is 14.4 Å². The summed E-state index contributed by atoms with van der Waals surface area (Å²) >= 11 is 6.03. The topological polar surface area (TPSA) is 108 Å². The van der Waals surface area contributed by atoms with Gasteiger partial charge in [0, 0.05) is 22.8 Å². The Kier molecular flexibility index (Phi) is 6.55. The SMILES string of the molecule is CCCN(Cc1nc2cc(Cl)ccc2c(=O)[nH]1)C(=O)c1ccc(NC(=O)c2ccco2)cc1. The Labute approximate surface area is 194 Å². The van der Waals surface area contributed by atoms with Crippen LogP contribution in [0.5, 0.6) is 0 Å². The average Bonchev–Trinajstić information content (AvgIpc) is 3.34. The number of halogens is 1. The predicted molar refractivity (Wildman–Crippen MR) is 126 cm³/mol. The molecule has 0 saturated carbocycles. The molecule has 0 aliphatic carbocycles. The number of aromatic nitrogens is 2. The van der Waals surface area contributed by atoms with E-state index >= 15 is 0 Å². The van der Waals surface area contributed by atoms with Crippen molar-refractivity contribution in [2.24, 2.45) is 0 Å². The summed E-state index contributed by atoms with van der Waals surface area (Å²) < 4.78 is 5.07. The molecule has 2 aromatic heterocycles. The summed E-state index contributed by atoms with van der Waals surface area (Å²) in [5.41, 5.74) is 1.17. The number of hydrogen-bond donors (Lipinski definition) is 2. The largest absolute Gasteiger partial charge is 0.459 e. The Morgan fingerprint density at radius 1 is 1.15 bits per heavy atom. The van der Waals surface area contributed by atoms with E-state index in [0.29, 0.717) is 39.5 Å². The number of rotatable bonds is 7. The van der Waals surface area contributed by atoms with Gasteiger partial charge in [0.05, 0.1) is 23.7 Å². The monoisotopic (exact) mass is 464 g/mol. The molecule has 8 nitrogen and oxygen atoms in total. The number of amides is 2. The molecule has 0 atom stereocenters. The van der Waals surface area contributed by atoms with Crippen molar-refractivity contribution in [2.45, 2.75) is 19.9 Å². The number of benzene rings is 2. The third-order valence-electron chi connectivity index (χ3n) is 4.97. The minimum Gasteiger partial charge on any atom is -0.459 e. The van der Waals surface area contributed by atoms with Gasteiger partial charge in [-0.15, -0.1) is 0 Å². The molecule has 2 N–H and O–H groups in total. The van der Waals surface area contributed by atoms with Crippen LogP contribution in [0.4, 0.5) is 5.69 Å². The molecular weight excluding hydrogens is 444 g/mol. The quantitative estimate of drug-likeness (QED) is 0.419. The van der Waals surface area contributed by atoms with Crippen LogP contribution in [0, 0.1) is 0 Å². The molecule has 0 spiro atoms. The van der Waals surface area contributed by atoms with E-state index in [1.807, 2.05) is 6.92 Å². The lowest BCUT2D eigenvalue weighted by atomic mass is 10.1. The van der Waals surface area contributed by atoms with Crippen molar-refractivity contribution in [1.82, 2.24) is 14.9 Å². The lowest BCUT2D eigenvalue weighted by Gasteiger charge is -2.22. The summed E-state index contributed by atoms with van der Waals surface area (Å²) in [4.78, 5) is 46.5. The first-order valence-corrected chi connectivity index (χ1v) is 10.7. The third-order valence-corrected chi connectivity index (χ3v) is 5.21. The van der Waals surface area contributed by atoms with Gasteiger partial charge in [0.25, 0.3) is 17.4 Å². The molecule has 168 valence electrons. The van der Waals surface area contributed by atoms with E-state index < -0.39 is 0 Å². The van der Waals surface area contributed by atoms with Crippen molar-refractivity contribution in [3.8, 4) is 0 Å². The molecule has 2 heterocycles. The second-order valence-electron chi connectivity index (χ2n) is 7.41. The molecule has 2 aromatic carbocycles. The highest BCUT2D eigenvalue weighted by Gasteiger charge is 2.18. The average molecular weight is 465 g/mol. The highest BCUT2D eigenvalue weighted by molar-refractivity contribution is 6.31. The predicted octanol–water partition coefficient (Wildman–Crippen LogP) is 4.47. The van der Waals surface area contributed by atoms with Crippen LogP contribution in [0.2, 0.25) is 5.02 Å². The Morgan fingerprint density at radius 2 is 1.94 bits per heavy atom. The Bertz CT molecular complexity index is 1350. The molecule has 0 fully saturated rings. The minimum absolute atomic E-state index is 0.140. The number of nitrogens with zero attached hydrogens (tertiary/aromatic N) is 2. The maximum absolute atomic E-state index is 13.1. The third kappa shape index (κ3) is 5.12. The first kappa shape index (κ1) is 22.3. The van der Waals surface area contributed by atoms with Crippen molar-refractivity contribution in [2.75, 3.05) is 11.9 Å². The van der Waals surface area contributed by atoms with Crippen molar-refractivity contribution in [3.05, 3.63) is 93.4 Å². The lowest BCUT2D eigenvalue weighted by molar-refractivity contribution is 0.0739. The number of anilines is 1. The molecule has 33 heavy (non-hydrogen) atoms. The molecule has 0 aliphatic rings. The molecule has 0 aliphatic heterocycles. The summed E-state index contributed by atoms with van der Waals surface area (Å²) in [5, 5.41) is 3.63. The summed E-state index contributed by atoms with van der Waals surface area (Å²) in [6.45, 7) is 2.58. The number of furan rings is 1. The highest BCUT2D eigenvalue weighted by atomic mass is 35.5. The van der Waals surface area contributed by atoms with Crippen LogP contribution in [0.15, 0.2) is 70.1 Å². The zero-order chi connectivity index (χ0) is 23.4. The van der Waals surface area contributed by atoms with Crippen molar-refractivity contribution in [3.63, 3.8) is 0 Å². The van der Waals surface area contributed by atoms with Gasteiger partial charge in [-0.05, 0) is 61.0 Å². The second kappa shape index (κ2) is 9.70. The van der Waals surface area contributed by atoms with Crippen LogP contribution < -0.4 is 10.9 Å². The Hall–Kier alpha value is -3.91. The van der Waals surface area contributed by atoms with Crippen LogP contribution in [0.3, 0.4) is 0 Å². The standard InChI is InChI=1S/C24H21ClN4O4/c1-2-11-29(14-21-27-19-13-16(25)7-10-18(19)22(30)28-21)24(32)15-5-8-17(9-6-15)26-23(31)20-4-3-12-33-20/h3-10,12-13H,2,11,14H2,1H3,(H,26,31)(H,27,28,30). The summed E-state index contributed by atoms with van der Waals surface area (Å²) in [5.74, 6) is -0.0194. The van der Waals surface area contributed by atoms with Crippen LogP contribution in [0.25, 0.3) is 10.9 Å². The van der Waals surface area contributed by atoms with Gasteiger partial charge in [0.15, 0.2) is 5.76 Å².